The average molecular weight is 188 g/mol. The molecular formula is C12H16N2. The lowest BCUT2D eigenvalue weighted by Crippen LogP contribution is -2.30. The third-order valence-corrected chi connectivity index (χ3v) is 2.94. The molecule has 0 aromatic rings. The fourth-order valence-corrected chi connectivity index (χ4v) is 1.99. The maximum Gasteiger partial charge on any atom is 0.0686 e. The van der Waals surface area contributed by atoms with Gasteiger partial charge in [-0.15, -0.1) is 5.73 Å². The highest BCUT2D eigenvalue weighted by atomic mass is 15.1. The molecule has 0 N–H and O–H groups in total. The molecule has 0 aliphatic carbocycles. The maximum atomic E-state index is 4.05. The zero-order chi connectivity index (χ0) is 9.80. The zero-order valence-electron chi connectivity index (χ0n) is 8.61. The first-order valence-corrected chi connectivity index (χ1v) is 5.19. The summed E-state index contributed by atoms with van der Waals surface area (Å²) in [6.45, 7) is 2.41. The van der Waals surface area contributed by atoms with Crippen LogP contribution < -0.4 is 0 Å². The molecule has 0 aromatic heterocycles. The van der Waals surface area contributed by atoms with Crippen LogP contribution in [0.4, 0.5) is 0 Å². The van der Waals surface area contributed by atoms with Crippen LogP contribution in [0.2, 0.25) is 0 Å². The first-order valence-electron chi connectivity index (χ1n) is 5.19. The van der Waals surface area contributed by atoms with E-state index in [0.29, 0.717) is 5.92 Å². The van der Waals surface area contributed by atoms with Gasteiger partial charge in [0.15, 0.2) is 0 Å². The van der Waals surface area contributed by atoms with Gasteiger partial charge in [-0.2, -0.15) is 0 Å². The van der Waals surface area contributed by atoms with E-state index in [-0.39, 0.29) is 0 Å². The molecule has 0 bridgehead atoms. The highest BCUT2D eigenvalue weighted by Gasteiger charge is 2.18. The van der Waals surface area contributed by atoms with Crippen LogP contribution in [0.25, 0.3) is 0 Å². The molecule has 0 atom stereocenters. The quantitative estimate of drug-likeness (QED) is 0.575. The lowest BCUT2D eigenvalue weighted by Gasteiger charge is -2.29. The smallest absolute Gasteiger partial charge is 0.0686 e. The Kier molecular flexibility index (Phi) is 2.97. The van der Waals surface area contributed by atoms with Gasteiger partial charge < -0.3 is 4.90 Å². The number of hydrogen-bond acceptors (Lipinski definition) is 2. The average Bonchev–Trinajstić information content (AvgIpc) is 2.47. The second-order valence-electron chi connectivity index (χ2n) is 3.98. The molecule has 0 saturated carbocycles. The van der Waals surface area contributed by atoms with Crippen molar-refractivity contribution in [2.45, 2.75) is 12.8 Å². The molecule has 0 radical (unpaired) electrons. The van der Waals surface area contributed by atoms with Crippen molar-refractivity contribution in [1.82, 2.24) is 4.90 Å². The Labute approximate surface area is 85.3 Å². The van der Waals surface area contributed by atoms with Crippen molar-refractivity contribution >= 4 is 6.21 Å². The van der Waals surface area contributed by atoms with Crippen LogP contribution in [-0.2, 0) is 0 Å². The Morgan fingerprint density at radius 3 is 3.00 bits per heavy atom. The van der Waals surface area contributed by atoms with Gasteiger partial charge in [0.2, 0.25) is 0 Å². The monoisotopic (exact) mass is 188 g/mol. The van der Waals surface area contributed by atoms with E-state index in [9.17, 15) is 0 Å². The molecule has 2 rings (SSSR count). The lowest BCUT2D eigenvalue weighted by atomic mass is 9.89. The number of likely N-dealkylation sites (tertiary alicyclic amines) is 1. The summed E-state index contributed by atoms with van der Waals surface area (Å²) in [5, 5.41) is 0. The van der Waals surface area contributed by atoms with Crippen LogP contribution >= 0.6 is 0 Å². The number of nitrogens with zero attached hydrogens (tertiary/aromatic N) is 2. The fourth-order valence-electron chi connectivity index (χ4n) is 1.99. The minimum atomic E-state index is 0.705. The maximum absolute atomic E-state index is 4.05. The van der Waals surface area contributed by atoms with Crippen molar-refractivity contribution in [3.8, 4) is 0 Å². The second-order valence-corrected chi connectivity index (χ2v) is 3.98. The molecular weight excluding hydrogens is 172 g/mol. The summed E-state index contributed by atoms with van der Waals surface area (Å²) in [5.74, 6) is 0.705. The predicted molar refractivity (Wildman–Crippen MR) is 59.4 cm³/mol. The third kappa shape index (κ3) is 2.22. The van der Waals surface area contributed by atoms with Crippen LogP contribution in [0.1, 0.15) is 12.8 Å². The molecule has 14 heavy (non-hydrogen) atoms. The minimum Gasteiger partial charge on any atom is -0.306 e. The third-order valence-electron chi connectivity index (χ3n) is 2.94. The number of piperidine rings is 1. The van der Waals surface area contributed by atoms with Crippen molar-refractivity contribution in [3.63, 3.8) is 0 Å². The number of hydrogen-bond donors (Lipinski definition) is 0. The van der Waals surface area contributed by atoms with Crippen LogP contribution in [0.15, 0.2) is 34.6 Å². The molecule has 1 saturated heterocycles. The summed E-state index contributed by atoms with van der Waals surface area (Å²) >= 11 is 0. The number of allylic oxidation sites excluding steroid dienone is 3. The fraction of sp³-hybridized carbons (Fsp3) is 0.500. The molecule has 2 heterocycles. The van der Waals surface area contributed by atoms with Gasteiger partial charge >= 0.3 is 0 Å². The van der Waals surface area contributed by atoms with Crippen molar-refractivity contribution < 1.29 is 0 Å². The Bertz CT molecular complexity index is 311. The van der Waals surface area contributed by atoms with E-state index in [4.69, 9.17) is 0 Å². The molecule has 2 heteroatoms. The molecule has 2 nitrogen and oxygen atoms in total. The Balaban J connectivity index is 2.05. The highest BCUT2D eigenvalue weighted by Crippen LogP contribution is 2.24. The zero-order valence-corrected chi connectivity index (χ0v) is 8.61. The van der Waals surface area contributed by atoms with E-state index in [1.807, 2.05) is 6.21 Å². The van der Waals surface area contributed by atoms with Crippen molar-refractivity contribution in [3.05, 3.63) is 29.7 Å². The SMILES string of the molecule is CN1CCC(C2=CC=NC=C=C2)CC1. The lowest BCUT2D eigenvalue weighted by molar-refractivity contribution is 0.240. The summed E-state index contributed by atoms with van der Waals surface area (Å²) in [5.41, 5.74) is 4.46. The summed E-state index contributed by atoms with van der Waals surface area (Å²) in [6.07, 6.45) is 10.3. The van der Waals surface area contributed by atoms with Gasteiger partial charge in [-0.1, -0.05) is 0 Å². The van der Waals surface area contributed by atoms with Crippen molar-refractivity contribution in [2.24, 2.45) is 10.9 Å². The summed E-state index contributed by atoms with van der Waals surface area (Å²) in [6, 6.07) is 0. The van der Waals surface area contributed by atoms with Crippen molar-refractivity contribution in [2.75, 3.05) is 20.1 Å². The topological polar surface area (TPSA) is 15.6 Å². The molecule has 2 aliphatic rings. The van der Waals surface area contributed by atoms with Crippen LogP contribution in [0, 0.1) is 5.92 Å². The van der Waals surface area contributed by atoms with Gasteiger partial charge in [0, 0.05) is 6.21 Å². The van der Waals surface area contributed by atoms with Crippen molar-refractivity contribution in [1.29, 1.82) is 0 Å². The van der Waals surface area contributed by atoms with Gasteiger partial charge in [-0.05, 0) is 56.6 Å². The Hall–Kier alpha value is -1.11. The molecule has 0 spiro atoms. The molecule has 0 unspecified atom stereocenters. The van der Waals surface area contributed by atoms with Gasteiger partial charge in [0.25, 0.3) is 0 Å². The molecule has 74 valence electrons. The Morgan fingerprint density at radius 1 is 1.43 bits per heavy atom. The van der Waals surface area contributed by atoms with E-state index in [1.54, 1.807) is 6.20 Å². The van der Waals surface area contributed by atoms with Gasteiger partial charge in [-0.25, -0.2) is 0 Å². The van der Waals surface area contributed by atoms with E-state index in [0.717, 1.165) is 0 Å². The van der Waals surface area contributed by atoms with E-state index in [2.05, 4.69) is 34.8 Å². The van der Waals surface area contributed by atoms with E-state index >= 15 is 0 Å². The Morgan fingerprint density at radius 2 is 2.21 bits per heavy atom. The highest BCUT2D eigenvalue weighted by molar-refractivity contribution is 5.74. The largest absolute Gasteiger partial charge is 0.306 e. The van der Waals surface area contributed by atoms with Gasteiger partial charge in [0.1, 0.15) is 0 Å². The summed E-state index contributed by atoms with van der Waals surface area (Å²) < 4.78 is 0. The molecule has 0 aromatic carbocycles. The second kappa shape index (κ2) is 4.41. The minimum absolute atomic E-state index is 0.705. The normalized spacial score (nSPS) is 23.6. The number of rotatable bonds is 1. The molecule has 0 amide bonds. The standard InChI is InChI=1S/C12H16N2/c1-14-9-5-12(6-10-14)11-3-2-7-13-8-4-11/h3-4,7-8,12H,5-6,9-10H2,1H3. The predicted octanol–water partition coefficient (Wildman–Crippen LogP) is 2.01. The van der Waals surface area contributed by atoms with E-state index in [1.165, 1.54) is 31.5 Å². The number of aliphatic imine (C=N–C) groups is 1. The summed E-state index contributed by atoms with van der Waals surface area (Å²) in [7, 11) is 2.19. The molecule has 1 fully saturated rings. The van der Waals surface area contributed by atoms with Crippen LogP contribution in [-0.4, -0.2) is 31.3 Å². The van der Waals surface area contributed by atoms with Gasteiger partial charge in [-0.3, -0.25) is 4.99 Å². The van der Waals surface area contributed by atoms with Crippen LogP contribution in [0.5, 0.6) is 0 Å². The summed E-state index contributed by atoms with van der Waals surface area (Å²) in [4.78, 5) is 6.44. The first-order chi connectivity index (χ1) is 6.86. The first kappa shape index (κ1) is 9.45. The molecule has 2 aliphatic heterocycles. The van der Waals surface area contributed by atoms with Gasteiger partial charge in [0.05, 0.1) is 6.20 Å². The van der Waals surface area contributed by atoms with E-state index < -0.39 is 0 Å². The van der Waals surface area contributed by atoms with Crippen LogP contribution in [0.3, 0.4) is 0 Å².